The summed E-state index contributed by atoms with van der Waals surface area (Å²) in [6.07, 6.45) is 8.17. The van der Waals surface area contributed by atoms with Gasteiger partial charge in [-0.3, -0.25) is 9.78 Å². The second-order valence-corrected chi connectivity index (χ2v) is 6.92. The molecule has 2 aliphatic rings. The number of pyridine rings is 1. The smallest absolute Gasteiger partial charge is 0.255 e. The van der Waals surface area contributed by atoms with Crippen molar-refractivity contribution in [2.45, 2.75) is 25.7 Å². The SMILES string of the molecule is O=C(c1cncc(Br)c1)N1CCCC2(CCCNC2)C1. The molecule has 1 spiro atoms. The number of aromatic nitrogens is 1. The minimum Gasteiger partial charge on any atom is -0.338 e. The van der Waals surface area contributed by atoms with Crippen LogP contribution in [0.3, 0.4) is 0 Å². The molecule has 1 amide bonds. The Morgan fingerprint density at radius 1 is 1.35 bits per heavy atom. The van der Waals surface area contributed by atoms with E-state index in [0.29, 0.717) is 11.0 Å². The predicted octanol–water partition coefficient (Wildman–Crippen LogP) is 2.45. The maximum atomic E-state index is 12.6. The van der Waals surface area contributed by atoms with Gasteiger partial charge in [-0.15, -0.1) is 0 Å². The Balaban J connectivity index is 1.74. The molecule has 2 fully saturated rings. The van der Waals surface area contributed by atoms with Crippen molar-refractivity contribution in [3.8, 4) is 0 Å². The molecule has 4 nitrogen and oxygen atoms in total. The highest BCUT2D eigenvalue weighted by molar-refractivity contribution is 9.10. The van der Waals surface area contributed by atoms with Gasteiger partial charge in [0.15, 0.2) is 0 Å². The Bertz CT molecular complexity index is 494. The summed E-state index contributed by atoms with van der Waals surface area (Å²) in [4.78, 5) is 18.7. The van der Waals surface area contributed by atoms with Crippen LogP contribution in [-0.4, -0.2) is 42.0 Å². The van der Waals surface area contributed by atoms with Crippen LogP contribution in [0.15, 0.2) is 22.9 Å². The monoisotopic (exact) mass is 337 g/mol. The van der Waals surface area contributed by atoms with Gasteiger partial charge >= 0.3 is 0 Å². The fraction of sp³-hybridized carbons (Fsp3) is 0.600. The summed E-state index contributed by atoms with van der Waals surface area (Å²) in [5.74, 6) is 0.114. The fourth-order valence-electron chi connectivity index (χ4n) is 3.47. The first kappa shape index (κ1) is 14.0. The van der Waals surface area contributed by atoms with Crippen molar-refractivity contribution in [1.82, 2.24) is 15.2 Å². The molecule has 0 aliphatic carbocycles. The van der Waals surface area contributed by atoms with Gasteiger partial charge < -0.3 is 10.2 Å². The number of nitrogens with zero attached hydrogens (tertiary/aromatic N) is 2. The zero-order valence-corrected chi connectivity index (χ0v) is 13.2. The topological polar surface area (TPSA) is 45.2 Å². The number of hydrogen-bond donors (Lipinski definition) is 1. The molecule has 1 atom stereocenters. The first-order chi connectivity index (χ1) is 9.69. The summed E-state index contributed by atoms with van der Waals surface area (Å²) >= 11 is 3.38. The minimum atomic E-state index is 0.114. The minimum absolute atomic E-state index is 0.114. The van der Waals surface area contributed by atoms with Crippen molar-refractivity contribution in [3.05, 3.63) is 28.5 Å². The van der Waals surface area contributed by atoms with Gasteiger partial charge in [0.1, 0.15) is 0 Å². The molecule has 1 N–H and O–H groups in total. The van der Waals surface area contributed by atoms with Gasteiger partial charge in [0.05, 0.1) is 5.56 Å². The lowest BCUT2D eigenvalue weighted by Gasteiger charge is -2.45. The number of carbonyl (C=O) groups excluding carboxylic acids is 1. The van der Waals surface area contributed by atoms with Crippen LogP contribution >= 0.6 is 15.9 Å². The number of rotatable bonds is 1. The lowest BCUT2D eigenvalue weighted by atomic mass is 9.74. The normalized spacial score (nSPS) is 26.8. The molecule has 108 valence electrons. The van der Waals surface area contributed by atoms with Gasteiger partial charge in [0, 0.05) is 41.9 Å². The van der Waals surface area contributed by atoms with E-state index in [9.17, 15) is 4.79 Å². The van der Waals surface area contributed by atoms with E-state index in [2.05, 4.69) is 26.2 Å². The van der Waals surface area contributed by atoms with Crippen LogP contribution in [0.25, 0.3) is 0 Å². The van der Waals surface area contributed by atoms with Crippen LogP contribution in [0.5, 0.6) is 0 Å². The zero-order valence-electron chi connectivity index (χ0n) is 11.6. The molecule has 5 heteroatoms. The van der Waals surface area contributed by atoms with E-state index in [1.54, 1.807) is 12.4 Å². The molecular weight excluding hydrogens is 318 g/mol. The molecule has 3 rings (SSSR count). The molecular formula is C15H20BrN3O. The molecule has 20 heavy (non-hydrogen) atoms. The van der Waals surface area contributed by atoms with Gasteiger partial charge in [-0.2, -0.15) is 0 Å². The van der Waals surface area contributed by atoms with E-state index in [-0.39, 0.29) is 5.91 Å². The average molecular weight is 338 g/mol. The maximum Gasteiger partial charge on any atom is 0.255 e. The van der Waals surface area contributed by atoms with Crippen molar-refractivity contribution >= 4 is 21.8 Å². The summed E-state index contributed by atoms with van der Waals surface area (Å²) in [7, 11) is 0. The first-order valence-corrected chi connectivity index (χ1v) is 8.08. The largest absolute Gasteiger partial charge is 0.338 e. The Kier molecular flexibility index (Phi) is 4.08. The summed E-state index contributed by atoms with van der Waals surface area (Å²) in [6, 6.07) is 1.86. The highest BCUT2D eigenvalue weighted by Gasteiger charge is 2.38. The third-order valence-electron chi connectivity index (χ3n) is 4.46. The molecule has 0 aromatic carbocycles. The molecule has 1 unspecified atom stereocenters. The highest BCUT2D eigenvalue weighted by Crippen LogP contribution is 2.36. The number of piperidine rings is 2. The Morgan fingerprint density at radius 3 is 2.95 bits per heavy atom. The molecule has 0 radical (unpaired) electrons. The van der Waals surface area contributed by atoms with Crippen molar-refractivity contribution in [3.63, 3.8) is 0 Å². The first-order valence-electron chi connectivity index (χ1n) is 7.29. The molecule has 1 aromatic heterocycles. The molecule has 1 aromatic rings. The molecule has 0 bridgehead atoms. The van der Waals surface area contributed by atoms with Gasteiger partial charge in [-0.1, -0.05) is 0 Å². The van der Waals surface area contributed by atoms with Crippen LogP contribution in [0, 0.1) is 5.41 Å². The molecule has 2 aliphatic heterocycles. The van der Waals surface area contributed by atoms with E-state index < -0.39 is 0 Å². The predicted molar refractivity (Wildman–Crippen MR) is 81.6 cm³/mol. The van der Waals surface area contributed by atoms with Gasteiger partial charge in [0.25, 0.3) is 5.91 Å². The number of hydrogen-bond acceptors (Lipinski definition) is 3. The van der Waals surface area contributed by atoms with Crippen LogP contribution in [-0.2, 0) is 0 Å². The van der Waals surface area contributed by atoms with Gasteiger partial charge in [0.2, 0.25) is 0 Å². The summed E-state index contributed by atoms with van der Waals surface area (Å²) in [5, 5.41) is 3.50. The summed E-state index contributed by atoms with van der Waals surface area (Å²) in [5.41, 5.74) is 0.978. The van der Waals surface area contributed by atoms with Gasteiger partial charge in [-0.05, 0) is 54.2 Å². The van der Waals surface area contributed by atoms with E-state index in [0.717, 1.165) is 37.1 Å². The average Bonchev–Trinajstić information content (AvgIpc) is 2.47. The quantitative estimate of drug-likeness (QED) is 0.856. The molecule has 0 saturated carbocycles. The van der Waals surface area contributed by atoms with Crippen LogP contribution in [0.1, 0.15) is 36.0 Å². The number of amides is 1. The third-order valence-corrected chi connectivity index (χ3v) is 4.89. The van der Waals surface area contributed by atoms with Crippen molar-refractivity contribution < 1.29 is 4.79 Å². The maximum absolute atomic E-state index is 12.6. The fourth-order valence-corrected chi connectivity index (χ4v) is 3.84. The lowest BCUT2D eigenvalue weighted by molar-refractivity contribution is 0.0433. The van der Waals surface area contributed by atoms with E-state index in [1.807, 2.05) is 11.0 Å². The number of likely N-dealkylation sites (tertiary alicyclic amines) is 1. The van der Waals surface area contributed by atoms with Crippen LogP contribution in [0.4, 0.5) is 0 Å². The number of nitrogens with one attached hydrogen (secondary N) is 1. The second kappa shape index (κ2) is 5.82. The van der Waals surface area contributed by atoms with Crippen LogP contribution < -0.4 is 5.32 Å². The standard InChI is InChI=1S/C15H20BrN3O/c16-13-7-12(8-18-9-13)14(20)19-6-2-4-15(11-19)3-1-5-17-10-15/h7-9,17H,1-6,10-11H2. The lowest BCUT2D eigenvalue weighted by Crippen LogP contribution is -2.52. The Hall–Kier alpha value is -0.940. The number of carbonyl (C=O) groups is 1. The van der Waals surface area contributed by atoms with E-state index in [4.69, 9.17) is 0 Å². The van der Waals surface area contributed by atoms with Crippen molar-refractivity contribution in [2.24, 2.45) is 5.41 Å². The number of halogens is 1. The second-order valence-electron chi connectivity index (χ2n) is 6.00. The summed E-state index contributed by atoms with van der Waals surface area (Å²) in [6.45, 7) is 3.91. The van der Waals surface area contributed by atoms with E-state index in [1.165, 1.54) is 19.3 Å². The van der Waals surface area contributed by atoms with Crippen LogP contribution in [0.2, 0.25) is 0 Å². The summed E-state index contributed by atoms with van der Waals surface area (Å²) < 4.78 is 0.856. The van der Waals surface area contributed by atoms with Crippen molar-refractivity contribution in [2.75, 3.05) is 26.2 Å². The third kappa shape index (κ3) is 2.88. The Morgan fingerprint density at radius 2 is 2.20 bits per heavy atom. The highest BCUT2D eigenvalue weighted by atomic mass is 79.9. The Labute approximate surface area is 128 Å². The zero-order chi connectivity index (χ0) is 14.0. The molecule has 3 heterocycles. The van der Waals surface area contributed by atoms with E-state index >= 15 is 0 Å². The van der Waals surface area contributed by atoms with Crippen molar-refractivity contribution in [1.29, 1.82) is 0 Å². The molecule has 2 saturated heterocycles. The van der Waals surface area contributed by atoms with Gasteiger partial charge in [-0.25, -0.2) is 0 Å².